The SMILES string of the molecule is CC1CCCC(N)(C(=O)N(C)c2ccccc2C(=O)O)C1. The van der Waals surface area contributed by atoms with Crippen LogP contribution in [0, 0.1) is 5.92 Å². The summed E-state index contributed by atoms with van der Waals surface area (Å²) in [7, 11) is 1.60. The molecule has 0 bridgehead atoms. The Morgan fingerprint density at radius 3 is 2.67 bits per heavy atom. The minimum Gasteiger partial charge on any atom is -0.478 e. The van der Waals surface area contributed by atoms with E-state index in [9.17, 15) is 14.7 Å². The average Bonchev–Trinajstić information content (AvgIpc) is 2.45. The van der Waals surface area contributed by atoms with Crippen molar-refractivity contribution in [2.24, 2.45) is 11.7 Å². The van der Waals surface area contributed by atoms with E-state index in [0.717, 1.165) is 12.8 Å². The molecule has 1 amide bonds. The van der Waals surface area contributed by atoms with Crippen molar-refractivity contribution < 1.29 is 14.7 Å². The van der Waals surface area contributed by atoms with Crippen molar-refractivity contribution >= 4 is 17.6 Å². The van der Waals surface area contributed by atoms with Crippen molar-refractivity contribution in [2.75, 3.05) is 11.9 Å². The molecule has 114 valence electrons. The number of nitrogens with two attached hydrogens (primary N) is 1. The lowest BCUT2D eigenvalue weighted by Crippen LogP contribution is -2.56. The second-order valence-corrected chi connectivity index (χ2v) is 6.04. The number of benzene rings is 1. The molecule has 5 heteroatoms. The van der Waals surface area contributed by atoms with Gasteiger partial charge in [-0.2, -0.15) is 0 Å². The number of carbonyl (C=O) groups excluding carboxylic acids is 1. The van der Waals surface area contributed by atoms with Gasteiger partial charge in [-0.15, -0.1) is 0 Å². The highest BCUT2D eigenvalue weighted by Crippen LogP contribution is 2.33. The van der Waals surface area contributed by atoms with Crippen LogP contribution in [0.1, 0.15) is 43.0 Å². The molecule has 0 spiro atoms. The highest BCUT2D eigenvalue weighted by atomic mass is 16.4. The highest BCUT2D eigenvalue weighted by Gasteiger charge is 2.40. The average molecular weight is 290 g/mol. The van der Waals surface area contributed by atoms with Gasteiger partial charge in [0.05, 0.1) is 16.8 Å². The number of para-hydroxylation sites is 1. The van der Waals surface area contributed by atoms with Gasteiger partial charge in [-0.3, -0.25) is 4.79 Å². The summed E-state index contributed by atoms with van der Waals surface area (Å²) in [6.07, 6.45) is 3.31. The van der Waals surface area contributed by atoms with Crippen molar-refractivity contribution in [1.82, 2.24) is 0 Å². The summed E-state index contributed by atoms with van der Waals surface area (Å²) in [6.45, 7) is 2.10. The molecule has 1 saturated carbocycles. The van der Waals surface area contributed by atoms with Crippen LogP contribution >= 0.6 is 0 Å². The van der Waals surface area contributed by atoms with Crippen LogP contribution in [0.3, 0.4) is 0 Å². The molecule has 1 fully saturated rings. The van der Waals surface area contributed by atoms with E-state index in [-0.39, 0.29) is 11.5 Å². The highest BCUT2D eigenvalue weighted by molar-refractivity contribution is 6.05. The molecule has 2 unspecified atom stereocenters. The van der Waals surface area contributed by atoms with Crippen LogP contribution in [0.2, 0.25) is 0 Å². The molecular weight excluding hydrogens is 268 g/mol. The van der Waals surface area contributed by atoms with Gasteiger partial charge in [0.25, 0.3) is 0 Å². The van der Waals surface area contributed by atoms with Gasteiger partial charge >= 0.3 is 5.97 Å². The Labute approximate surface area is 124 Å². The molecule has 2 atom stereocenters. The van der Waals surface area contributed by atoms with Crippen LogP contribution < -0.4 is 10.6 Å². The molecule has 0 radical (unpaired) electrons. The van der Waals surface area contributed by atoms with Crippen LogP contribution in [0.15, 0.2) is 24.3 Å². The normalized spacial score (nSPS) is 25.4. The van der Waals surface area contributed by atoms with Crippen LogP contribution in [0.5, 0.6) is 0 Å². The van der Waals surface area contributed by atoms with Gasteiger partial charge in [-0.1, -0.05) is 31.9 Å². The fourth-order valence-electron chi connectivity index (χ4n) is 3.18. The molecule has 0 aliphatic heterocycles. The minimum atomic E-state index is -1.05. The first-order valence-electron chi connectivity index (χ1n) is 7.24. The lowest BCUT2D eigenvalue weighted by molar-refractivity contribution is -0.125. The van der Waals surface area contributed by atoms with Crippen molar-refractivity contribution in [3.63, 3.8) is 0 Å². The van der Waals surface area contributed by atoms with Crippen molar-refractivity contribution in [3.05, 3.63) is 29.8 Å². The first kappa shape index (κ1) is 15.5. The van der Waals surface area contributed by atoms with E-state index in [2.05, 4.69) is 6.92 Å². The van der Waals surface area contributed by atoms with Gasteiger partial charge in [-0.25, -0.2) is 4.79 Å². The molecule has 1 aromatic rings. The maximum Gasteiger partial charge on any atom is 0.337 e. The number of carboxylic acid groups (broad SMARTS) is 1. The third-order valence-electron chi connectivity index (χ3n) is 4.26. The molecule has 1 aliphatic rings. The molecule has 5 nitrogen and oxygen atoms in total. The van der Waals surface area contributed by atoms with Crippen LogP contribution in [-0.2, 0) is 4.79 Å². The number of aromatic carboxylic acids is 1. The molecular formula is C16H22N2O3. The first-order chi connectivity index (χ1) is 9.85. The first-order valence-corrected chi connectivity index (χ1v) is 7.24. The molecule has 0 aromatic heterocycles. The van der Waals surface area contributed by atoms with Gasteiger partial charge in [0.1, 0.15) is 0 Å². The maximum atomic E-state index is 12.7. The molecule has 3 N–H and O–H groups in total. The quantitative estimate of drug-likeness (QED) is 0.894. The Kier molecular flexibility index (Phi) is 4.32. The standard InChI is InChI=1S/C16H22N2O3/c1-11-6-5-9-16(17,10-11)15(21)18(2)13-8-4-3-7-12(13)14(19)20/h3-4,7-8,11H,5-6,9-10,17H2,1-2H3,(H,19,20). The Hall–Kier alpha value is -1.88. The third kappa shape index (κ3) is 3.08. The predicted molar refractivity (Wildman–Crippen MR) is 81.4 cm³/mol. The summed E-state index contributed by atoms with van der Waals surface area (Å²) in [5.41, 5.74) is 5.93. The van der Waals surface area contributed by atoms with Gasteiger partial charge in [0.2, 0.25) is 5.91 Å². The minimum absolute atomic E-state index is 0.112. The number of hydrogen-bond donors (Lipinski definition) is 2. The summed E-state index contributed by atoms with van der Waals surface area (Å²) < 4.78 is 0. The zero-order valence-corrected chi connectivity index (χ0v) is 12.5. The molecule has 1 aromatic carbocycles. The van der Waals surface area contributed by atoms with E-state index in [1.807, 2.05) is 0 Å². The van der Waals surface area contributed by atoms with Crippen molar-refractivity contribution in [3.8, 4) is 0 Å². The summed E-state index contributed by atoms with van der Waals surface area (Å²) in [6, 6.07) is 6.50. The van der Waals surface area contributed by atoms with Crippen LogP contribution in [0.4, 0.5) is 5.69 Å². The van der Waals surface area contributed by atoms with Crippen LogP contribution in [-0.4, -0.2) is 29.6 Å². The summed E-state index contributed by atoms with van der Waals surface area (Å²) in [5, 5.41) is 9.24. The van der Waals surface area contributed by atoms with E-state index in [1.54, 1.807) is 25.2 Å². The third-order valence-corrected chi connectivity index (χ3v) is 4.26. The topological polar surface area (TPSA) is 83.6 Å². The number of rotatable bonds is 3. The summed E-state index contributed by atoms with van der Waals surface area (Å²) in [4.78, 5) is 25.4. The van der Waals surface area contributed by atoms with E-state index in [4.69, 9.17) is 5.73 Å². The Morgan fingerprint density at radius 2 is 2.05 bits per heavy atom. The number of carboxylic acids is 1. The van der Waals surface area contributed by atoms with Gasteiger partial charge in [-0.05, 0) is 30.9 Å². The zero-order chi connectivity index (χ0) is 15.6. The number of hydrogen-bond acceptors (Lipinski definition) is 3. The largest absolute Gasteiger partial charge is 0.478 e. The molecule has 0 saturated heterocycles. The number of nitrogens with zero attached hydrogens (tertiary/aromatic N) is 1. The summed E-state index contributed by atoms with van der Waals surface area (Å²) in [5.74, 6) is -0.841. The molecule has 21 heavy (non-hydrogen) atoms. The molecule has 2 rings (SSSR count). The lowest BCUT2D eigenvalue weighted by atomic mass is 9.76. The zero-order valence-electron chi connectivity index (χ0n) is 12.5. The molecule has 1 aliphatic carbocycles. The van der Waals surface area contributed by atoms with E-state index >= 15 is 0 Å². The van der Waals surface area contributed by atoms with E-state index in [1.165, 1.54) is 11.0 Å². The second-order valence-electron chi connectivity index (χ2n) is 6.04. The summed E-state index contributed by atoms with van der Waals surface area (Å²) >= 11 is 0. The van der Waals surface area contributed by atoms with Gasteiger partial charge in [0.15, 0.2) is 0 Å². The lowest BCUT2D eigenvalue weighted by Gasteiger charge is -2.38. The van der Waals surface area contributed by atoms with Gasteiger partial charge < -0.3 is 15.7 Å². The van der Waals surface area contributed by atoms with Crippen LogP contribution in [0.25, 0.3) is 0 Å². The van der Waals surface area contributed by atoms with Crippen molar-refractivity contribution in [1.29, 1.82) is 0 Å². The maximum absolute atomic E-state index is 12.7. The predicted octanol–water partition coefficient (Wildman–Crippen LogP) is 2.26. The Balaban J connectivity index is 2.29. The fraction of sp³-hybridized carbons (Fsp3) is 0.500. The molecule has 0 heterocycles. The van der Waals surface area contributed by atoms with Crippen molar-refractivity contribution in [2.45, 2.75) is 38.1 Å². The number of anilines is 1. The van der Waals surface area contributed by atoms with E-state index < -0.39 is 11.5 Å². The smallest absolute Gasteiger partial charge is 0.337 e. The number of amides is 1. The number of likely N-dealkylation sites (N-methyl/N-ethyl adjacent to an activating group) is 1. The van der Waals surface area contributed by atoms with Gasteiger partial charge in [0, 0.05) is 7.05 Å². The van der Waals surface area contributed by atoms with E-state index in [0.29, 0.717) is 24.4 Å². The second kappa shape index (κ2) is 5.85. The Morgan fingerprint density at radius 1 is 1.38 bits per heavy atom. The number of carbonyl (C=O) groups is 2. The monoisotopic (exact) mass is 290 g/mol. The Bertz CT molecular complexity index is 558. The fourth-order valence-corrected chi connectivity index (χ4v) is 3.18.